The lowest BCUT2D eigenvalue weighted by molar-refractivity contribution is -0.384. The Morgan fingerprint density at radius 1 is 1.32 bits per heavy atom. The summed E-state index contributed by atoms with van der Waals surface area (Å²) in [5.74, 6) is 1.36. The molecule has 7 heteroatoms. The summed E-state index contributed by atoms with van der Waals surface area (Å²) in [6.07, 6.45) is 0. The number of ether oxygens (including phenoxy) is 1. The van der Waals surface area contributed by atoms with Crippen molar-refractivity contribution >= 4 is 22.4 Å². The Balaban J connectivity index is 1.84. The number of aromatic amines is 1. The quantitative estimate of drug-likeness (QED) is 0.557. The van der Waals surface area contributed by atoms with Crippen molar-refractivity contribution in [3.63, 3.8) is 0 Å². The van der Waals surface area contributed by atoms with E-state index in [1.165, 1.54) is 12.1 Å². The fourth-order valence-corrected chi connectivity index (χ4v) is 2.22. The first-order chi connectivity index (χ1) is 10.7. The minimum absolute atomic E-state index is 0.0401. The summed E-state index contributed by atoms with van der Waals surface area (Å²) in [4.78, 5) is 10.4. The van der Waals surface area contributed by atoms with Crippen LogP contribution in [0.2, 0.25) is 0 Å². The van der Waals surface area contributed by atoms with Crippen LogP contribution in [0.4, 0.5) is 11.5 Å². The molecule has 22 heavy (non-hydrogen) atoms. The van der Waals surface area contributed by atoms with Gasteiger partial charge in [-0.05, 0) is 23.8 Å². The summed E-state index contributed by atoms with van der Waals surface area (Å²) in [5.41, 5.74) is 1.82. The SMILES string of the molecule is COc1cccc(CNc2n[nH]c3ccc([N+](=O)[O-])cc23)c1. The van der Waals surface area contributed by atoms with Crippen LogP contribution in [-0.2, 0) is 6.54 Å². The molecule has 3 rings (SSSR count). The lowest BCUT2D eigenvalue weighted by Gasteiger charge is -2.06. The molecule has 0 bridgehead atoms. The number of methoxy groups -OCH3 is 1. The molecule has 0 aliphatic carbocycles. The number of H-pyrrole nitrogens is 1. The molecule has 7 nitrogen and oxygen atoms in total. The fourth-order valence-electron chi connectivity index (χ4n) is 2.22. The van der Waals surface area contributed by atoms with Crippen LogP contribution in [0.3, 0.4) is 0 Å². The molecular weight excluding hydrogens is 284 g/mol. The first kappa shape index (κ1) is 13.9. The monoisotopic (exact) mass is 298 g/mol. The second kappa shape index (κ2) is 5.72. The lowest BCUT2D eigenvalue weighted by atomic mass is 10.2. The zero-order valence-electron chi connectivity index (χ0n) is 11.9. The predicted octanol–water partition coefficient (Wildman–Crippen LogP) is 3.09. The second-order valence-corrected chi connectivity index (χ2v) is 4.76. The van der Waals surface area contributed by atoms with Crippen molar-refractivity contribution in [1.29, 1.82) is 0 Å². The molecule has 1 aromatic heterocycles. The number of hydrogen-bond donors (Lipinski definition) is 2. The number of non-ortho nitro benzene ring substituents is 1. The normalized spacial score (nSPS) is 10.6. The number of anilines is 1. The van der Waals surface area contributed by atoms with E-state index >= 15 is 0 Å². The highest BCUT2D eigenvalue weighted by Gasteiger charge is 2.11. The summed E-state index contributed by atoms with van der Waals surface area (Å²) in [6, 6.07) is 12.3. The third-order valence-corrected chi connectivity index (χ3v) is 3.35. The summed E-state index contributed by atoms with van der Waals surface area (Å²) in [6.45, 7) is 0.542. The number of fused-ring (bicyclic) bond motifs is 1. The zero-order valence-corrected chi connectivity index (χ0v) is 11.9. The minimum Gasteiger partial charge on any atom is -0.497 e. The number of aromatic nitrogens is 2. The Morgan fingerprint density at radius 3 is 2.95 bits per heavy atom. The molecule has 0 spiro atoms. The summed E-state index contributed by atoms with van der Waals surface area (Å²) >= 11 is 0. The largest absolute Gasteiger partial charge is 0.497 e. The highest BCUT2D eigenvalue weighted by atomic mass is 16.6. The first-order valence-electron chi connectivity index (χ1n) is 6.66. The molecule has 2 aromatic carbocycles. The number of benzene rings is 2. The number of rotatable bonds is 5. The Morgan fingerprint density at radius 2 is 2.18 bits per heavy atom. The maximum atomic E-state index is 10.9. The molecule has 0 unspecified atom stereocenters. The molecule has 0 fully saturated rings. The molecule has 1 heterocycles. The third-order valence-electron chi connectivity index (χ3n) is 3.35. The van der Waals surface area contributed by atoms with Gasteiger partial charge in [-0.3, -0.25) is 15.2 Å². The van der Waals surface area contributed by atoms with Crippen LogP contribution in [0.15, 0.2) is 42.5 Å². The van der Waals surface area contributed by atoms with Crippen LogP contribution in [0.5, 0.6) is 5.75 Å². The predicted molar refractivity (Wildman–Crippen MR) is 83.1 cm³/mol. The Labute approximate surface area is 126 Å². The maximum Gasteiger partial charge on any atom is 0.270 e. The van der Waals surface area contributed by atoms with Gasteiger partial charge >= 0.3 is 0 Å². The lowest BCUT2D eigenvalue weighted by Crippen LogP contribution is -2.00. The molecule has 0 aliphatic rings. The number of nitro benzene ring substituents is 1. The van der Waals surface area contributed by atoms with E-state index in [9.17, 15) is 10.1 Å². The molecule has 0 saturated heterocycles. The van der Waals surface area contributed by atoms with E-state index in [4.69, 9.17) is 4.74 Å². The van der Waals surface area contributed by atoms with E-state index in [2.05, 4.69) is 15.5 Å². The van der Waals surface area contributed by atoms with Crippen LogP contribution in [0, 0.1) is 10.1 Å². The molecule has 3 aromatic rings. The molecule has 2 N–H and O–H groups in total. The van der Waals surface area contributed by atoms with E-state index < -0.39 is 4.92 Å². The van der Waals surface area contributed by atoms with E-state index in [0.717, 1.165) is 16.8 Å². The molecule has 0 atom stereocenters. The molecular formula is C15H14N4O3. The average molecular weight is 298 g/mol. The van der Waals surface area contributed by atoms with Crippen molar-refractivity contribution < 1.29 is 9.66 Å². The highest BCUT2D eigenvalue weighted by Crippen LogP contribution is 2.25. The Hall–Kier alpha value is -3.09. The molecule has 0 saturated carbocycles. The van der Waals surface area contributed by atoms with Gasteiger partial charge in [0.15, 0.2) is 5.82 Å². The Kier molecular flexibility index (Phi) is 3.61. The molecule has 0 aliphatic heterocycles. The van der Waals surface area contributed by atoms with Crippen LogP contribution < -0.4 is 10.1 Å². The van der Waals surface area contributed by atoms with Crippen LogP contribution in [-0.4, -0.2) is 22.2 Å². The van der Waals surface area contributed by atoms with Crippen molar-refractivity contribution in [2.75, 3.05) is 12.4 Å². The summed E-state index contributed by atoms with van der Waals surface area (Å²) in [7, 11) is 1.62. The van der Waals surface area contributed by atoms with E-state index in [1.807, 2.05) is 24.3 Å². The van der Waals surface area contributed by atoms with Gasteiger partial charge in [0.2, 0.25) is 0 Å². The number of nitro groups is 1. The van der Waals surface area contributed by atoms with Gasteiger partial charge in [-0.1, -0.05) is 12.1 Å². The molecule has 0 amide bonds. The fraction of sp³-hybridized carbons (Fsp3) is 0.133. The highest BCUT2D eigenvalue weighted by molar-refractivity contribution is 5.91. The van der Waals surface area contributed by atoms with Crippen molar-refractivity contribution in [3.8, 4) is 5.75 Å². The van der Waals surface area contributed by atoms with E-state index in [1.54, 1.807) is 13.2 Å². The van der Waals surface area contributed by atoms with Gasteiger partial charge < -0.3 is 10.1 Å². The summed E-state index contributed by atoms with van der Waals surface area (Å²) < 4.78 is 5.18. The van der Waals surface area contributed by atoms with Gasteiger partial charge in [0.25, 0.3) is 5.69 Å². The third kappa shape index (κ3) is 2.69. The average Bonchev–Trinajstić information content (AvgIpc) is 2.95. The van der Waals surface area contributed by atoms with E-state index in [-0.39, 0.29) is 5.69 Å². The molecule has 112 valence electrons. The van der Waals surface area contributed by atoms with E-state index in [0.29, 0.717) is 17.7 Å². The van der Waals surface area contributed by atoms with Gasteiger partial charge in [-0.15, -0.1) is 0 Å². The van der Waals surface area contributed by atoms with Crippen molar-refractivity contribution in [2.24, 2.45) is 0 Å². The van der Waals surface area contributed by atoms with Gasteiger partial charge in [0.1, 0.15) is 5.75 Å². The van der Waals surface area contributed by atoms with Gasteiger partial charge in [0.05, 0.1) is 22.9 Å². The van der Waals surface area contributed by atoms with Gasteiger partial charge in [-0.25, -0.2) is 0 Å². The van der Waals surface area contributed by atoms with Gasteiger partial charge in [-0.2, -0.15) is 5.10 Å². The van der Waals surface area contributed by atoms with Crippen molar-refractivity contribution in [2.45, 2.75) is 6.54 Å². The first-order valence-corrected chi connectivity index (χ1v) is 6.66. The summed E-state index contributed by atoms with van der Waals surface area (Å²) in [5, 5.41) is 21.8. The topological polar surface area (TPSA) is 93.1 Å². The maximum absolute atomic E-state index is 10.9. The number of hydrogen-bond acceptors (Lipinski definition) is 5. The van der Waals surface area contributed by atoms with Crippen LogP contribution in [0.1, 0.15) is 5.56 Å². The van der Waals surface area contributed by atoms with Crippen molar-refractivity contribution in [1.82, 2.24) is 10.2 Å². The minimum atomic E-state index is -0.418. The number of nitrogens with zero attached hydrogens (tertiary/aromatic N) is 2. The van der Waals surface area contributed by atoms with Crippen molar-refractivity contribution in [3.05, 3.63) is 58.1 Å². The zero-order chi connectivity index (χ0) is 15.5. The van der Waals surface area contributed by atoms with Crippen LogP contribution in [0.25, 0.3) is 10.9 Å². The molecule has 0 radical (unpaired) electrons. The number of nitrogens with one attached hydrogen (secondary N) is 2. The second-order valence-electron chi connectivity index (χ2n) is 4.76. The van der Waals surface area contributed by atoms with Gasteiger partial charge in [0, 0.05) is 18.7 Å². The standard InChI is InChI=1S/C15H14N4O3/c1-22-12-4-2-3-10(7-12)9-16-15-13-8-11(19(20)21)5-6-14(13)17-18-15/h2-8H,9H2,1H3,(H2,16,17,18). The smallest absolute Gasteiger partial charge is 0.270 e. The van der Waals surface area contributed by atoms with Crippen LogP contribution >= 0.6 is 0 Å². The Bertz CT molecular complexity index is 829.